The molecule has 0 atom stereocenters. The number of halogens is 5. The molecule has 1 amide bonds. The van der Waals surface area contributed by atoms with Gasteiger partial charge >= 0.3 is 11.9 Å². The minimum absolute atomic E-state index is 0.0707. The number of hydrogen-bond donors (Lipinski definition) is 1. The lowest BCUT2D eigenvalue weighted by atomic mass is 10.1. The Morgan fingerprint density at radius 2 is 1.84 bits per heavy atom. The number of furan rings is 1. The molecule has 0 saturated carbocycles. The van der Waals surface area contributed by atoms with Crippen LogP contribution in [0.25, 0.3) is 22.4 Å². The number of anilines is 1. The minimum atomic E-state index is -4.56. The number of benzene rings is 1. The molecule has 0 bridgehead atoms. The second-order valence-corrected chi connectivity index (χ2v) is 9.63. The zero-order valence-electron chi connectivity index (χ0n) is 19.3. The average molecular weight is 577 g/mol. The SMILES string of the molecule is Cc1oc2c(c1CC(=O)Nc1nc(-c3cc(Cl)c(OCC(F)(F)F)c(Cl)c3)cs1)c(=O)n(C)c(=O)n2C. The van der Waals surface area contributed by atoms with Gasteiger partial charge in [-0.3, -0.25) is 18.7 Å². The summed E-state index contributed by atoms with van der Waals surface area (Å²) >= 11 is 13.2. The number of nitrogens with zero attached hydrogens (tertiary/aromatic N) is 3. The first-order chi connectivity index (χ1) is 17.3. The number of rotatable bonds is 6. The van der Waals surface area contributed by atoms with Crippen LogP contribution < -0.4 is 21.3 Å². The van der Waals surface area contributed by atoms with E-state index in [0.717, 1.165) is 15.9 Å². The first-order valence-corrected chi connectivity index (χ1v) is 12.0. The van der Waals surface area contributed by atoms with E-state index in [4.69, 9.17) is 27.6 Å². The summed E-state index contributed by atoms with van der Waals surface area (Å²) in [4.78, 5) is 41.9. The van der Waals surface area contributed by atoms with Crippen LogP contribution in [0.1, 0.15) is 11.3 Å². The van der Waals surface area contributed by atoms with Crippen LogP contribution in [0.15, 0.2) is 31.5 Å². The maximum absolute atomic E-state index is 12.8. The zero-order chi connectivity index (χ0) is 27.2. The first kappa shape index (κ1) is 26.8. The maximum atomic E-state index is 12.8. The van der Waals surface area contributed by atoms with E-state index in [2.05, 4.69) is 15.0 Å². The fraction of sp³-hybridized carbons (Fsp3) is 0.273. The van der Waals surface area contributed by atoms with E-state index < -0.39 is 29.9 Å². The minimum Gasteiger partial charge on any atom is -0.481 e. The molecule has 1 aromatic carbocycles. The molecule has 0 aliphatic rings. The molecule has 0 saturated heterocycles. The number of ether oxygens (including phenoxy) is 1. The molecule has 0 aliphatic carbocycles. The van der Waals surface area contributed by atoms with E-state index in [0.29, 0.717) is 22.6 Å². The number of alkyl halides is 3. The third-order valence-corrected chi connectivity index (χ3v) is 6.67. The van der Waals surface area contributed by atoms with Crippen LogP contribution in [0.5, 0.6) is 5.75 Å². The first-order valence-electron chi connectivity index (χ1n) is 10.4. The van der Waals surface area contributed by atoms with Gasteiger partial charge in [-0.15, -0.1) is 11.3 Å². The Kier molecular flexibility index (Phi) is 7.14. The van der Waals surface area contributed by atoms with E-state index >= 15 is 0 Å². The van der Waals surface area contributed by atoms with Crippen LogP contribution in [0.4, 0.5) is 18.3 Å². The van der Waals surface area contributed by atoms with Crippen molar-refractivity contribution in [2.24, 2.45) is 14.1 Å². The van der Waals surface area contributed by atoms with E-state index in [-0.39, 0.29) is 38.4 Å². The van der Waals surface area contributed by atoms with Gasteiger partial charge in [-0.2, -0.15) is 13.2 Å². The molecule has 1 N–H and O–H groups in total. The van der Waals surface area contributed by atoms with Gasteiger partial charge in [0.2, 0.25) is 11.6 Å². The third-order valence-electron chi connectivity index (χ3n) is 5.35. The Hall–Kier alpha value is -3.29. The average Bonchev–Trinajstić information content (AvgIpc) is 3.39. The van der Waals surface area contributed by atoms with Gasteiger partial charge in [-0.1, -0.05) is 23.2 Å². The van der Waals surface area contributed by atoms with Crippen LogP contribution in [0, 0.1) is 6.92 Å². The molecular formula is C22H17Cl2F3N4O5S. The summed E-state index contributed by atoms with van der Waals surface area (Å²) in [5, 5.41) is 4.31. The second kappa shape index (κ2) is 9.88. The molecule has 0 spiro atoms. The van der Waals surface area contributed by atoms with Gasteiger partial charge < -0.3 is 14.5 Å². The highest BCUT2D eigenvalue weighted by Crippen LogP contribution is 2.39. The number of amides is 1. The fourth-order valence-corrected chi connectivity index (χ4v) is 4.92. The van der Waals surface area contributed by atoms with Gasteiger partial charge in [0.1, 0.15) is 11.1 Å². The van der Waals surface area contributed by atoms with Gasteiger partial charge in [0.05, 0.1) is 22.2 Å². The summed E-state index contributed by atoms with van der Waals surface area (Å²) in [6.07, 6.45) is -4.78. The van der Waals surface area contributed by atoms with Crippen molar-refractivity contribution in [2.45, 2.75) is 19.5 Å². The molecule has 3 heterocycles. The van der Waals surface area contributed by atoms with E-state index in [1.165, 1.54) is 30.8 Å². The smallest absolute Gasteiger partial charge is 0.422 e. The standard InChI is InChI=1S/C22H17Cl2F3N4O5S/c1-9-11(16-18(33)30(2)21(34)31(3)19(16)36-9)6-15(32)29-20-28-14(7-37-20)10-4-12(23)17(13(24)5-10)35-8-22(25,26)27/h4-5,7H,6,8H2,1-3H3,(H,28,29,32). The lowest BCUT2D eigenvalue weighted by Gasteiger charge is -2.12. The van der Waals surface area contributed by atoms with Crippen molar-refractivity contribution in [3.05, 3.63) is 59.7 Å². The summed E-state index contributed by atoms with van der Waals surface area (Å²) in [5.74, 6) is -0.477. The number of hydrogen-bond acceptors (Lipinski definition) is 7. The Morgan fingerprint density at radius 3 is 2.46 bits per heavy atom. The summed E-state index contributed by atoms with van der Waals surface area (Å²) in [5.41, 5.74) is 0.0331. The Balaban J connectivity index is 1.54. The van der Waals surface area contributed by atoms with E-state index in [1.54, 1.807) is 12.3 Å². The van der Waals surface area contributed by atoms with Gasteiger partial charge in [-0.05, 0) is 19.1 Å². The number of aromatic nitrogens is 3. The fourth-order valence-electron chi connectivity index (χ4n) is 3.59. The topological polar surface area (TPSA) is 108 Å². The van der Waals surface area contributed by atoms with Gasteiger partial charge in [0.15, 0.2) is 17.5 Å². The quantitative estimate of drug-likeness (QED) is 0.356. The summed E-state index contributed by atoms with van der Waals surface area (Å²) in [6, 6.07) is 2.70. The van der Waals surface area contributed by atoms with Crippen molar-refractivity contribution < 1.29 is 27.1 Å². The highest BCUT2D eigenvalue weighted by molar-refractivity contribution is 7.14. The van der Waals surface area contributed by atoms with Crippen molar-refractivity contribution in [1.29, 1.82) is 0 Å². The van der Waals surface area contributed by atoms with Crippen molar-refractivity contribution in [3.63, 3.8) is 0 Å². The molecule has 0 aliphatic heterocycles. The summed E-state index contributed by atoms with van der Waals surface area (Å²) in [7, 11) is 2.79. The molecule has 0 fully saturated rings. The van der Waals surface area contributed by atoms with Crippen molar-refractivity contribution in [3.8, 4) is 17.0 Å². The van der Waals surface area contributed by atoms with Crippen LogP contribution in [-0.2, 0) is 25.3 Å². The Labute approximate surface area is 220 Å². The lowest BCUT2D eigenvalue weighted by molar-refractivity contribution is -0.153. The molecule has 37 heavy (non-hydrogen) atoms. The molecule has 9 nitrogen and oxygen atoms in total. The Bertz CT molecular complexity index is 1630. The molecule has 0 radical (unpaired) electrons. The van der Waals surface area contributed by atoms with E-state index in [1.807, 2.05) is 0 Å². The number of carbonyl (C=O) groups excluding carboxylic acids is 1. The normalized spacial score (nSPS) is 11.8. The highest BCUT2D eigenvalue weighted by Gasteiger charge is 2.29. The van der Waals surface area contributed by atoms with Gasteiger partial charge in [0, 0.05) is 30.6 Å². The van der Waals surface area contributed by atoms with Gasteiger partial charge in [0.25, 0.3) is 5.56 Å². The lowest BCUT2D eigenvalue weighted by Crippen LogP contribution is -2.36. The number of thiazole rings is 1. The van der Waals surface area contributed by atoms with Crippen molar-refractivity contribution >= 4 is 56.7 Å². The third kappa shape index (κ3) is 5.38. The van der Waals surface area contributed by atoms with Crippen molar-refractivity contribution in [1.82, 2.24) is 14.1 Å². The molecule has 4 rings (SSSR count). The van der Waals surface area contributed by atoms with Gasteiger partial charge in [-0.25, -0.2) is 9.78 Å². The van der Waals surface area contributed by atoms with Crippen LogP contribution in [0.3, 0.4) is 0 Å². The zero-order valence-corrected chi connectivity index (χ0v) is 21.7. The summed E-state index contributed by atoms with van der Waals surface area (Å²) < 4.78 is 49.8. The maximum Gasteiger partial charge on any atom is 0.422 e. The van der Waals surface area contributed by atoms with Crippen molar-refractivity contribution in [2.75, 3.05) is 11.9 Å². The molecule has 4 aromatic rings. The molecule has 0 unspecified atom stereocenters. The summed E-state index contributed by atoms with van der Waals surface area (Å²) in [6.45, 7) is 0.0378. The van der Waals surface area contributed by atoms with Crippen LogP contribution in [0.2, 0.25) is 10.0 Å². The van der Waals surface area contributed by atoms with Crippen LogP contribution in [-0.4, -0.2) is 32.8 Å². The number of aryl methyl sites for hydroxylation is 2. The monoisotopic (exact) mass is 576 g/mol. The number of carbonyl (C=O) groups is 1. The molecular weight excluding hydrogens is 560 g/mol. The Morgan fingerprint density at radius 1 is 1.19 bits per heavy atom. The molecule has 3 aromatic heterocycles. The highest BCUT2D eigenvalue weighted by atomic mass is 35.5. The second-order valence-electron chi connectivity index (χ2n) is 7.96. The largest absolute Gasteiger partial charge is 0.481 e. The number of nitrogens with one attached hydrogen (secondary N) is 1. The van der Waals surface area contributed by atoms with E-state index in [9.17, 15) is 27.6 Å². The molecule has 196 valence electrons. The van der Waals surface area contributed by atoms with Crippen LogP contribution >= 0.6 is 34.5 Å². The number of fused-ring (bicyclic) bond motifs is 1. The molecule has 15 heteroatoms. The predicted molar refractivity (Wildman–Crippen MR) is 133 cm³/mol. The predicted octanol–water partition coefficient (Wildman–Crippen LogP) is 4.69.